The van der Waals surface area contributed by atoms with Gasteiger partial charge in [0.05, 0.1) is 30.3 Å². The molecule has 0 spiro atoms. The number of aliphatic hydroxyl groups is 4. The van der Waals surface area contributed by atoms with Crippen molar-refractivity contribution in [2.24, 2.45) is 50.2 Å². The number of allylic oxidation sites excluding steroid dienone is 2. The first kappa shape index (κ1) is 26.6. The SMILES string of the molecule is CC1(C)CC[C@]2(C(=O)O)CC[C@]3(C)C(=CC[C@@H]4[C@@]5(C)C[C@@H](O)[C@H](O)C(C)(CO)C5[C@H](O)C[C@]43C)[C@H]2C1. The van der Waals surface area contributed by atoms with Crippen LogP contribution in [0, 0.1) is 50.2 Å². The second-order valence-electron chi connectivity index (χ2n) is 15.2. The highest BCUT2D eigenvalue weighted by Crippen LogP contribution is 2.75. The molecule has 0 aromatic carbocycles. The largest absolute Gasteiger partial charge is 0.481 e. The minimum Gasteiger partial charge on any atom is -0.481 e. The van der Waals surface area contributed by atoms with E-state index in [0.717, 1.165) is 32.1 Å². The van der Waals surface area contributed by atoms with Crippen molar-refractivity contribution in [3.05, 3.63) is 11.6 Å². The molecule has 0 saturated heterocycles. The molecule has 5 rings (SSSR count). The second-order valence-corrected chi connectivity index (χ2v) is 15.2. The van der Waals surface area contributed by atoms with Crippen LogP contribution >= 0.6 is 0 Å². The molecule has 6 heteroatoms. The summed E-state index contributed by atoms with van der Waals surface area (Å²) in [4.78, 5) is 12.8. The molecule has 204 valence electrons. The van der Waals surface area contributed by atoms with E-state index < -0.39 is 40.5 Å². The Labute approximate surface area is 216 Å². The summed E-state index contributed by atoms with van der Waals surface area (Å²) in [5.74, 6) is -0.842. The second kappa shape index (κ2) is 7.80. The zero-order valence-corrected chi connectivity index (χ0v) is 23.0. The van der Waals surface area contributed by atoms with Crippen molar-refractivity contribution in [3.63, 3.8) is 0 Å². The van der Waals surface area contributed by atoms with Gasteiger partial charge < -0.3 is 25.5 Å². The minimum absolute atomic E-state index is 0.000534. The number of carboxylic acids is 1. The van der Waals surface area contributed by atoms with Gasteiger partial charge in [-0.3, -0.25) is 4.79 Å². The maximum atomic E-state index is 12.8. The Morgan fingerprint density at radius 1 is 0.917 bits per heavy atom. The van der Waals surface area contributed by atoms with Gasteiger partial charge in [0.2, 0.25) is 0 Å². The first-order valence-electron chi connectivity index (χ1n) is 14.1. The third-order valence-electron chi connectivity index (χ3n) is 13.0. The monoisotopic (exact) mass is 504 g/mol. The van der Waals surface area contributed by atoms with Crippen LogP contribution in [0.2, 0.25) is 0 Å². The Hall–Kier alpha value is -0.950. The third-order valence-corrected chi connectivity index (χ3v) is 13.0. The summed E-state index contributed by atoms with van der Waals surface area (Å²) in [5.41, 5.74) is -1.32. The topological polar surface area (TPSA) is 118 Å². The first-order valence-corrected chi connectivity index (χ1v) is 14.1. The Bertz CT molecular complexity index is 974. The smallest absolute Gasteiger partial charge is 0.310 e. The molecule has 0 bridgehead atoms. The zero-order chi connectivity index (χ0) is 26.7. The highest BCUT2D eigenvalue weighted by atomic mass is 16.4. The van der Waals surface area contributed by atoms with Crippen LogP contribution in [0.3, 0.4) is 0 Å². The van der Waals surface area contributed by atoms with Gasteiger partial charge in [0.25, 0.3) is 0 Å². The molecular weight excluding hydrogens is 456 g/mol. The Balaban J connectivity index is 1.64. The normalized spacial score (nSPS) is 55.9. The number of hydrogen-bond acceptors (Lipinski definition) is 5. The van der Waals surface area contributed by atoms with Crippen LogP contribution in [-0.2, 0) is 4.79 Å². The van der Waals surface area contributed by atoms with Crippen molar-refractivity contribution in [2.45, 2.75) is 111 Å². The molecule has 5 aliphatic carbocycles. The summed E-state index contributed by atoms with van der Waals surface area (Å²) in [5, 5.41) is 54.6. The zero-order valence-electron chi connectivity index (χ0n) is 23.0. The molecule has 0 aliphatic heterocycles. The fourth-order valence-corrected chi connectivity index (χ4v) is 10.9. The predicted molar refractivity (Wildman–Crippen MR) is 137 cm³/mol. The van der Waals surface area contributed by atoms with Gasteiger partial charge in [0.15, 0.2) is 0 Å². The van der Waals surface area contributed by atoms with E-state index in [0.29, 0.717) is 19.3 Å². The van der Waals surface area contributed by atoms with E-state index in [9.17, 15) is 30.3 Å². The average Bonchev–Trinajstić information content (AvgIpc) is 2.77. The molecule has 11 atom stereocenters. The lowest BCUT2D eigenvalue weighted by atomic mass is 9.33. The maximum Gasteiger partial charge on any atom is 0.310 e. The standard InChI is InChI=1S/C30H48O6/c1-25(2)9-11-30(24(35)36)12-10-28(5)17(18(30)13-25)7-8-21-26(3)14-20(33)23(34)27(4,16-31)22(26)19(32)15-29(21,28)6/h7,18-23,31-34H,8-16H2,1-6H3,(H,35,36)/t18-,19-,20-,21-,22?,23+,26-,27?,28-,29-,30+/m1/s1. The molecule has 36 heavy (non-hydrogen) atoms. The summed E-state index contributed by atoms with van der Waals surface area (Å²) >= 11 is 0. The van der Waals surface area contributed by atoms with E-state index in [4.69, 9.17) is 0 Å². The number of rotatable bonds is 2. The van der Waals surface area contributed by atoms with Crippen molar-refractivity contribution < 1.29 is 30.3 Å². The van der Waals surface area contributed by atoms with E-state index in [-0.39, 0.29) is 40.6 Å². The lowest BCUT2D eigenvalue weighted by molar-refractivity contribution is -0.273. The summed E-state index contributed by atoms with van der Waals surface area (Å²) in [6.07, 6.45) is 5.27. The highest BCUT2D eigenvalue weighted by molar-refractivity contribution is 5.76. The van der Waals surface area contributed by atoms with Crippen LogP contribution in [0.4, 0.5) is 0 Å². The van der Waals surface area contributed by atoms with Gasteiger partial charge in [-0.05, 0) is 84.9 Å². The molecule has 5 aliphatic rings. The van der Waals surface area contributed by atoms with Crippen molar-refractivity contribution >= 4 is 5.97 Å². The van der Waals surface area contributed by atoms with Crippen LogP contribution in [0.5, 0.6) is 0 Å². The molecule has 0 heterocycles. The van der Waals surface area contributed by atoms with Gasteiger partial charge in [0.1, 0.15) is 0 Å². The summed E-state index contributed by atoms with van der Waals surface area (Å²) in [7, 11) is 0. The summed E-state index contributed by atoms with van der Waals surface area (Å²) < 4.78 is 0. The van der Waals surface area contributed by atoms with Crippen molar-refractivity contribution in [1.82, 2.24) is 0 Å². The maximum absolute atomic E-state index is 12.8. The van der Waals surface area contributed by atoms with Gasteiger partial charge in [-0.15, -0.1) is 0 Å². The quantitative estimate of drug-likeness (QED) is 0.361. The molecule has 0 radical (unpaired) electrons. The Kier molecular flexibility index (Phi) is 5.77. The van der Waals surface area contributed by atoms with Crippen LogP contribution in [0.15, 0.2) is 11.6 Å². The average molecular weight is 505 g/mol. The lowest BCUT2D eigenvalue weighted by Crippen LogP contribution is -2.71. The molecule has 6 nitrogen and oxygen atoms in total. The molecule has 5 N–H and O–H groups in total. The van der Waals surface area contributed by atoms with Crippen LogP contribution in [-0.4, -0.2) is 56.4 Å². The third kappa shape index (κ3) is 3.08. The first-order chi connectivity index (χ1) is 16.5. The minimum atomic E-state index is -1.08. The van der Waals surface area contributed by atoms with Gasteiger partial charge in [-0.1, -0.05) is 53.2 Å². The number of fused-ring (bicyclic) bond motifs is 7. The van der Waals surface area contributed by atoms with Gasteiger partial charge in [0, 0.05) is 11.3 Å². The van der Waals surface area contributed by atoms with E-state index in [1.807, 2.05) is 6.92 Å². The van der Waals surface area contributed by atoms with E-state index in [1.54, 1.807) is 0 Å². The highest BCUT2D eigenvalue weighted by Gasteiger charge is 2.72. The van der Waals surface area contributed by atoms with Gasteiger partial charge in [-0.2, -0.15) is 0 Å². The summed E-state index contributed by atoms with van der Waals surface area (Å²) in [6, 6.07) is 0. The lowest BCUT2D eigenvalue weighted by Gasteiger charge is -2.72. The van der Waals surface area contributed by atoms with E-state index in [2.05, 4.69) is 40.7 Å². The molecule has 0 amide bonds. The molecule has 4 saturated carbocycles. The molecule has 0 aromatic rings. The fourth-order valence-electron chi connectivity index (χ4n) is 10.9. The number of hydrogen-bond donors (Lipinski definition) is 5. The molecule has 4 fully saturated rings. The number of carboxylic acid groups (broad SMARTS) is 1. The number of carbonyl (C=O) groups is 1. The summed E-state index contributed by atoms with van der Waals surface area (Å²) in [6.45, 7) is 12.8. The molecule has 0 aromatic heterocycles. The van der Waals surface area contributed by atoms with Crippen molar-refractivity contribution in [2.75, 3.05) is 6.61 Å². The number of aliphatic hydroxyl groups excluding tert-OH is 4. The predicted octanol–water partition coefficient (Wildman–Crippen LogP) is 4.15. The molecule has 2 unspecified atom stereocenters. The van der Waals surface area contributed by atoms with E-state index >= 15 is 0 Å². The van der Waals surface area contributed by atoms with Crippen LogP contribution in [0.25, 0.3) is 0 Å². The fraction of sp³-hybridized carbons (Fsp3) is 0.900. The number of aliphatic carboxylic acids is 1. The van der Waals surface area contributed by atoms with Crippen molar-refractivity contribution in [1.29, 1.82) is 0 Å². The van der Waals surface area contributed by atoms with Gasteiger partial charge >= 0.3 is 5.97 Å². The van der Waals surface area contributed by atoms with Crippen molar-refractivity contribution in [3.8, 4) is 0 Å². The molecular formula is C30H48O6. The van der Waals surface area contributed by atoms with Gasteiger partial charge in [-0.25, -0.2) is 0 Å². The Morgan fingerprint density at radius 2 is 1.56 bits per heavy atom. The van der Waals surface area contributed by atoms with Crippen LogP contribution < -0.4 is 0 Å². The Morgan fingerprint density at radius 3 is 2.17 bits per heavy atom. The van der Waals surface area contributed by atoms with E-state index in [1.165, 1.54) is 5.57 Å². The van der Waals surface area contributed by atoms with Crippen LogP contribution in [0.1, 0.15) is 92.9 Å².